The van der Waals surface area contributed by atoms with E-state index in [0.717, 1.165) is 33.6 Å². The summed E-state index contributed by atoms with van der Waals surface area (Å²) in [6.45, 7) is 0. The normalized spacial score (nSPS) is 14.7. The highest BCUT2D eigenvalue weighted by Crippen LogP contribution is 2.42. The minimum Gasteiger partial charge on any atom is -0.324 e. The summed E-state index contributed by atoms with van der Waals surface area (Å²) in [6, 6.07) is 22.4. The smallest absolute Gasteiger partial charge is 0.264 e. The average molecular weight is 490 g/mol. The Hall–Kier alpha value is -3.62. The van der Waals surface area contributed by atoms with Gasteiger partial charge in [-0.2, -0.15) is 8.42 Å². The number of hydrogen-bond donors (Lipinski definition) is 2. The standard InChI is InChI=1S/C27H24FN3O3S/c28-25-13-4-3-11-22(25)24-16-19-17-29-27(31-26(19)23-12-2-1-10-21(23)24)30-20-9-5-7-18(15-20)8-6-14-35(32,33)34/h1-5,7,9-13,15,17,24H,6,8,14,16H2,(H,29,30,31)(H,32,33,34). The molecule has 1 unspecified atom stereocenters. The molecule has 0 spiro atoms. The molecule has 1 heterocycles. The number of halogens is 1. The van der Waals surface area contributed by atoms with Gasteiger partial charge in [-0.1, -0.05) is 54.6 Å². The highest BCUT2D eigenvalue weighted by Gasteiger charge is 2.28. The molecular formula is C27H24FN3O3S. The highest BCUT2D eigenvalue weighted by atomic mass is 32.2. The third-order valence-electron chi connectivity index (χ3n) is 6.21. The molecule has 178 valence electrons. The molecule has 0 aliphatic heterocycles. The lowest BCUT2D eigenvalue weighted by atomic mass is 9.78. The lowest BCUT2D eigenvalue weighted by Crippen LogP contribution is -2.16. The van der Waals surface area contributed by atoms with Crippen LogP contribution in [0.3, 0.4) is 0 Å². The summed E-state index contributed by atoms with van der Waals surface area (Å²) < 4.78 is 45.5. The van der Waals surface area contributed by atoms with Crippen molar-refractivity contribution in [2.24, 2.45) is 0 Å². The van der Waals surface area contributed by atoms with Crippen molar-refractivity contribution in [3.63, 3.8) is 0 Å². The Bertz CT molecular complexity index is 1490. The van der Waals surface area contributed by atoms with Crippen molar-refractivity contribution in [3.05, 3.63) is 107 Å². The van der Waals surface area contributed by atoms with Crippen LogP contribution in [0.15, 0.2) is 79.0 Å². The van der Waals surface area contributed by atoms with Crippen LogP contribution in [-0.4, -0.2) is 28.7 Å². The molecule has 0 radical (unpaired) electrons. The Morgan fingerprint density at radius 1 is 1.00 bits per heavy atom. The predicted octanol–water partition coefficient (Wildman–Crippen LogP) is 5.53. The molecule has 35 heavy (non-hydrogen) atoms. The average Bonchev–Trinajstić information content (AvgIpc) is 2.84. The van der Waals surface area contributed by atoms with Crippen LogP contribution < -0.4 is 5.32 Å². The summed E-state index contributed by atoms with van der Waals surface area (Å²) in [5.74, 6) is -0.155. The Morgan fingerprint density at radius 3 is 2.57 bits per heavy atom. The first-order valence-electron chi connectivity index (χ1n) is 11.4. The third-order valence-corrected chi connectivity index (χ3v) is 7.02. The van der Waals surface area contributed by atoms with Crippen LogP contribution in [0.5, 0.6) is 0 Å². The summed E-state index contributed by atoms with van der Waals surface area (Å²) in [7, 11) is -3.97. The molecule has 8 heteroatoms. The van der Waals surface area contributed by atoms with Gasteiger partial charge in [0.1, 0.15) is 5.82 Å². The van der Waals surface area contributed by atoms with E-state index >= 15 is 0 Å². The van der Waals surface area contributed by atoms with Crippen LogP contribution in [0, 0.1) is 5.82 Å². The number of aryl methyl sites for hydroxylation is 1. The number of hydrogen-bond acceptors (Lipinski definition) is 5. The number of nitrogens with one attached hydrogen (secondary N) is 1. The molecule has 1 atom stereocenters. The van der Waals surface area contributed by atoms with E-state index in [2.05, 4.69) is 10.3 Å². The second-order valence-electron chi connectivity index (χ2n) is 8.65. The maximum Gasteiger partial charge on any atom is 0.264 e. The Labute approximate surface area is 203 Å². The van der Waals surface area contributed by atoms with Crippen LogP contribution in [-0.2, 0) is 23.0 Å². The minimum atomic E-state index is -3.97. The molecule has 0 bridgehead atoms. The van der Waals surface area contributed by atoms with Crippen LogP contribution in [0.4, 0.5) is 16.0 Å². The predicted molar refractivity (Wildman–Crippen MR) is 134 cm³/mol. The SMILES string of the molecule is O=S(=O)(O)CCCc1cccc(Nc2ncc3c(n2)-c2ccccc2C(c2ccccc2F)C3)c1. The number of anilines is 2. The molecule has 0 fully saturated rings. The van der Waals surface area contributed by atoms with Crippen molar-refractivity contribution >= 4 is 21.8 Å². The quantitative estimate of drug-likeness (QED) is 0.332. The van der Waals surface area contributed by atoms with Gasteiger partial charge in [0.15, 0.2) is 0 Å². The van der Waals surface area contributed by atoms with Gasteiger partial charge in [-0.3, -0.25) is 4.55 Å². The maximum atomic E-state index is 14.6. The van der Waals surface area contributed by atoms with Gasteiger partial charge >= 0.3 is 0 Å². The van der Waals surface area contributed by atoms with Crippen LogP contribution >= 0.6 is 0 Å². The zero-order valence-corrected chi connectivity index (χ0v) is 19.7. The van der Waals surface area contributed by atoms with Crippen molar-refractivity contribution in [1.29, 1.82) is 0 Å². The van der Waals surface area contributed by atoms with Gasteiger partial charge in [-0.15, -0.1) is 0 Å². The zero-order valence-electron chi connectivity index (χ0n) is 18.9. The van der Waals surface area contributed by atoms with E-state index < -0.39 is 10.1 Å². The monoisotopic (exact) mass is 489 g/mol. The number of rotatable bonds is 7. The summed E-state index contributed by atoms with van der Waals surface area (Å²) in [5, 5.41) is 3.23. The van der Waals surface area contributed by atoms with E-state index in [9.17, 15) is 12.8 Å². The van der Waals surface area contributed by atoms with E-state index in [4.69, 9.17) is 9.54 Å². The molecule has 3 aromatic carbocycles. The molecule has 5 rings (SSSR count). The number of aromatic nitrogens is 2. The van der Waals surface area contributed by atoms with E-state index in [1.165, 1.54) is 6.07 Å². The van der Waals surface area contributed by atoms with E-state index in [1.54, 1.807) is 12.3 Å². The fourth-order valence-electron chi connectivity index (χ4n) is 4.62. The molecule has 1 aliphatic rings. The number of benzene rings is 3. The van der Waals surface area contributed by atoms with Gasteiger partial charge < -0.3 is 5.32 Å². The zero-order chi connectivity index (χ0) is 24.4. The van der Waals surface area contributed by atoms with Crippen molar-refractivity contribution in [2.75, 3.05) is 11.1 Å². The molecule has 0 saturated carbocycles. The van der Waals surface area contributed by atoms with Gasteiger partial charge in [0.2, 0.25) is 5.95 Å². The van der Waals surface area contributed by atoms with Gasteiger partial charge in [0.25, 0.3) is 10.1 Å². The van der Waals surface area contributed by atoms with Crippen molar-refractivity contribution in [3.8, 4) is 11.3 Å². The first-order valence-corrected chi connectivity index (χ1v) is 13.0. The molecule has 6 nitrogen and oxygen atoms in total. The molecule has 1 aromatic heterocycles. The first-order chi connectivity index (χ1) is 16.9. The number of nitrogens with zero attached hydrogens (tertiary/aromatic N) is 2. The molecule has 1 aliphatic carbocycles. The van der Waals surface area contributed by atoms with Gasteiger partial charge in [-0.05, 0) is 59.7 Å². The van der Waals surface area contributed by atoms with E-state index in [1.807, 2.05) is 60.7 Å². The summed E-state index contributed by atoms with van der Waals surface area (Å²) in [5.41, 5.74) is 6.18. The van der Waals surface area contributed by atoms with Crippen molar-refractivity contribution in [1.82, 2.24) is 9.97 Å². The fourth-order valence-corrected chi connectivity index (χ4v) is 5.13. The fraction of sp³-hybridized carbons (Fsp3) is 0.185. The van der Waals surface area contributed by atoms with Crippen LogP contribution in [0.25, 0.3) is 11.3 Å². The molecular weight excluding hydrogens is 465 g/mol. The first kappa shape index (κ1) is 23.1. The maximum absolute atomic E-state index is 14.6. The van der Waals surface area contributed by atoms with Gasteiger partial charge in [-0.25, -0.2) is 14.4 Å². The topological polar surface area (TPSA) is 92.2 Å². The lowest BCUT2D eigenvalue weighted by Gasteiger charge is -2.27. The second-order valence-corrected chi connectivity index (χ2v) is 10.2. The third kappa shape index (κ3) is 5.23. The van der Waals surface area contributed by atoms with Gasteiger partial charge in [0, 0.05) is 23.4 Å². The van der Waals surface area contributed by atoms with E-state index in [-0.39, 0.29) is 17.5 Å². The molecule has 0 saturated heterocycles. The summed E-state index contributed by atoms with van der Waals surface area (Å²) >= 11 is 0. The lowest BCUT2D eigenvalue weighted by molar-refractivity contribution is 0.481. The summed E-state index contributed by atoms with van der Waals surface area (Å²) in [6.07, 6.45) is 3.25. The van der Waals surface area contributed by atoms with E-state index in [0.29, 0.717) is 30.8 Å². The second kappa shape index (κ2) is 9.56. The number of fused-ring (bicyclic) bond motifs is 3. The molecule has 4 aromatic rings. The van der Waals surface area contributed by atoms with Crippen molar-refractivity contribution < 1.29 is 17.4 Å². The molecule has 2 N–H and O–H groups in total. The Kier molecular flexibility index (Phi) is 6.32. The largest absolute Gasteiger partial charge is 0.324 e. The molecule has 0 amide bonds. The summed E-state index contributed by atoms with van der Waals surface area (Å²) in [4.78, 5) is 9.30. The Balaban J connectivity index is 1.41. The Morgan fingerprint density at radius 2 is 1.77 bits per heavy atom. The highest BCUT2D eigenvalue weighted by molar-refractivity contribution is 7.85. The van der Waals surface area contributed by atoms with Crippen LogP contribution in [0.2, 0.25) is 0 Å². The van der Waals surface area contributed by atoms with Crippen molar-refractivity contribution in [2.45, 2.75) is 25.2 Å². The van der Waals surface area contributed by atoms with Gasteiger partial charge in [0.05, 0.1) is 11.4 Å². The van der Waals surface area contributed by atoms with Crippen LogP contribution in [0.1, 0.15) is 34.6 Å². The minimum absolute atomic E-state index is 0.110.